The van der Waals surface area contributed by atoms with Crippen molar-refractivity contribution in [2.45, 2.75) is 57.3 Å². The second kappa shape index (κ2) is 9.99. The van der Waals surface area contributed by atoms with E-state index < -0.39 is 10.0 Å². The molecule has 2 rings (SSSR count). The molecule has 0 saturated carbocycles. The number of rotatable bonds is 9. The SMILES string of the molecule is CCCCCCCC(=O)N1CCN(S(=O)(=O)c2ccc(C(C)=O)cc2)CC1. The number of benzene rings is 1. The van der Waals surface area contributed by atoms with Gasteiger partial charge in [-0.25, -0.2) is 8.42 Å². The summed E-state index contributed by atoms with van der Waals surface area (Å²) >= 11 is 0. The maximum Gasteiger partial charge on any atom is 0.243 e. The van der Waals surface area contributed by atoms with E-state index in [0.717, 1.165) is 19.3 Å². The second-order valence-electron chi connectivity index (χ2n) is 7.03. The molecule has 1 heterocycles. The van der Waals surface area contributed by atoms with Crippen LogP contribution in [0.5, 0.6) is 0 Å². The van der Waals surface area contributed by atoms with Gasteiger partial charge in [0.05, 0.1) is 4.90 Å². The van der Waals surface area contributed by atoms with Crippen LogP contribution in [0.1, 0.15) is 62.7 Å². The molecule has 0 bridgehead atoms. The molecule has 0 N–H and O–H groups in total. The summed E-state index contributed by atoms with van der Waals surface area (Å²) in [5.74, 6) is 0.0233. The lowest BCUT2D eigenvalue weighted by Crippen LogP contribution is -2.50. The Labute approximate surface area is 162 Å². The largest absolute Gasteiger partial charge is 0.340 e. The van der Waals surface area contributed by atoms with E-state index in [1.54, 1.807) is 4.90 Å². The molecule has 0 unspecified atom stereocenters. The summed E-state index contributed by atoms with van der Waals surface area (Å²) in [6, 6.07) is 6.01. The van der Waals surface area contributed by atoms with Gasteiger partial charge >= 0.3 is 0 Å². The zero-order valence-electron chi connectivity index (χ0n) is 16.3. The van der Waals surface area contributed by atoms with Crippen LogP contribution in [-0.4, -0.2) is 55.5 Å². The minimum absolute atomic E-state index is 0.0965. The van der Waals surface area contributed by atoms with Gasteiger partial charge in [-0.05, 0) is 25.5 Å². The number of amides is 1. The van der Waals surface area contributed by atoms with Crippen molar-refractivity contribution in [2.75, 3.05) is 26.2 Å². The first kappa shape index (κ1) is 21.6. The van der Waals surface area contributed by atoms with Gasteiger partial charge in [0.1, 0.15) is 0 Å². The number of piperazine rings is 1. The van der Waals surface area contributed by atoms with Crippen LogP contribution >= 0.6 is 0 Å². The minimum Gasteiger partial charge on any atom is -0.340 e. The maximum absolute atomic E-state index is 12.8. The van der Waals surface area contributed by atoms with Crippen LogP contribution in [0.3, 0.4) is 0 Å². The highest BCUT2D eigenvalue weighted by molar-refractivity contribution is 7.89. The van der Waals surface area contributed by atoms with E-state index in [9.17, 15) is 18.0 Å². The molecule has 7 heteroatoms. The van der Waals surface area contributed by atoms with E-state index in [0.29, 0.717) is 38.2 Å². The summed E-state index contributed by atoms with van der Waals surface area (Å²) in [5, 5.41) is 0. The average molecular weight is 395 g/mol. The minimum atomic E-state index is -3.60. The van der Waals surface area contributed by atoms with Gasteiger partial charge in [-0.1, -0.05) is 44.7 Å². The number of Topliss-reactive ketones (excluding diaryl/α,β-unsaturated/α-hetero) is 1. The van der Waals surface area contributed by atoms with Crippen LogP contribution in [0.4, 0.5) is 0 Å². The van der Waals surface area contributed by atoms with Crippen molar-refractivity contribution in [3.05, 3.63) is 29.8 Å². The first-order chi connectivity index (χ1) is 12.9. The molecule has 1 aromatic rings. The topological polar surface area (TPSA) is 74.8 Å². The quantitative estimate of drug-likeness (QED) is 0.476. The third kappa shape index (κ3) is 5.87. The Hall–Kier alpha value is -1.73. The van der Waals surface area contributed by atoms with E-state index in [1.165, 1.54) is 48.3 Å². The summed E-state index contributed by atoms with van der Waals surface area (Å²) in [5.41, 5.74) is 0.489. The van der Waals surface area contributed by atoms with Crippen molar-refractivity contribution in [2.24, 2.45) is 0 Å². The molecule has 0 aliphatic carbocycles. The first-order valence-electron chi connectivity index (χ1n) is 9.75. The molecule has 27 heavy (non-hydrogen) atoms. The van der Waals surface area contributed by atoms with E-state index in [1.807, 2.05) is 0 Å². The molecule has 1 aliphatic heterocycles. The molecule has 0 atom stereocenters. The van der Waals surface area contributed by atoms with Crippen molar-refractivity contribution in [1.29, 1.82) is 0 Å². The Balaban J connectivity index is 1.86. The summed E-state index contributed by atoms with van der Waals surface area (Å²) in [6.45, 7) is 5.08. The van der Waals surface area contributed by atoms with Gasteiger partial charge in [-0.3, -0.25) is 9.59 Å². The van der Waals surface area contributed by atoms with E-state index in [2.05, 4.69) is 6.92 Å². The number of ketones is 1. The summed E-state index contributed by atoms with van der Waals surface area (Å²) < 4.78 is 26.9. The maximum atomic E-state index is 12.8. The lowest BCUT2D eigenvalue weighted by molar-refractivity contribution is -0.132. The molecule has 6 nitrogen and oxygen atoms in total. The van der Waals surface area contributed by atoms with Crippen molar-refractivity contribution < 1.29 is 18.0 Å². The van der Waals surface area contributed by atoms with Gasteiger partial charge in [0, 0.05) is 38.2 Å². The lowest BCUT2D eigenvalue weighted by Gasteiger charge is -2.34. The molecule has 150 valence electrons. The van der Waals surface area contributed by atoms with Crippen LogP contribution in [0.15, 0.2) is 29.2 Å². The molecule has 1 amide bonds. The van der Waals surface area contributed by atoms with Gasteiger partial charge < -0.3 is 4.90 Å². The number of unbranched alkanes of at least 4 members (excludes halogenated alkanes) is 4. The Morgan fingerprint density at radius 1 is 0.926 bits per heavy atom. The third-order valence-corrected chi connectivity index (χ3v) is 6.90. The highest BCUT2D eigenvalue weighted by Crippen LogP contribution is 2.19. The predicted octanol–water partition coefficient (Wildman–Crippen LogP) is 3.08. The highest BCUT2D eigenvalue weighted by Gasteiger charge is 2.29. The van der Waals surface area contributed by atoms with Gasteiger partial charge in [-0.15, -0.1) is 0 Å². The highest BCUT2D eigenvalue weighted by atomic mass is 32.2. The fourth-order valence-corrected chi connectivity index (χ4v) is 4.65. The zero-order valence-corrected chi connectivity index (χ0v) is 17.1. The molecule has 1 aliphatic rings. The zero-order chi connectivity index (χ0) is 19.9. The van der Waals surface area contributed by atoms with E-state index in [-0.39, 0.29) is 16.6 Å². The molecule has 1 aromatic carbocycles. The Morgan fingerprint density at radius 2 is 1.52 bits per heavy atom. The number of hydrogen-bond acceptors (Lipinski definition) is 4. The van der Waals surface area contributed by atoms with Crippen LogP contribution in [0, 0.1) is 0 Å². The number of hydrogen-bond donors (Lipinski definition) is 0. The van der Waals surface area contributed by atoms with Gasteiger partial charge in [0.25, 0.3) is 0 Å². The normalized spacial score (nSPS) is 15.7. The van der Waals surface area contributed by atoms with Crippen molar-refractivity contribution in [3.8, 4) is 0 Å². The Kier molecular flexibility index (Phi) is 7.98. The van der Waals surface area contributed by atoms with Gasteiger partial charge in [0.2, 0.25) is 15.9 Å². The van der Waals surface area contributed by atoms with Crippen molar-refractivity contribution >= 4 is 21.7 Å². The standard InChI is InChI=1S/C20H30N2O4S/c1-3-4-5-6-7-8-20(24)21-13-15-22(16-14-21)27(25,26)19-11-9-18(10-12-19)17(2)23/h9-12H,3-8,13-16H2,1-2H3. The van der Waals surface area contributed by atoms with Crippen LogP contribution in [0.2, 0.25) is 0 Å². The molecule has 0 radical (unpaired) electrons. The predicted molar refractivity (Wildman–Crippen MR) is 105 cm³/mol. The first-order valence-corrected chi connectivity index (χ1v) is 11.2. The number of sulfonamides is 1. The van der Waals surface area contributed by atoms with Gasteiger partial charge in [-0.2, -0.15) is 4.31 Å². The van der Waals surface area contributed by atoms with Crippen molar-refractivity contribution in [1.82, 2.24) is 9.21 Å². The smallest absolute Gasteiger partial charge is 0.243 e. The second-order valence-corrected chi connectivity index (χ2v) is 8.97. The molecule has 0 aromatic heterocycles. The summed E-state index contributed by atoms with van der Waals surface area (Å²) in [6.07, 6.45) is 6.07. The fourth-order valence-electron chi connectivity index (χ4n) is 3.23. The van der Waals surface area contributed by atoms with Crippen molar-refractivity contribution in [3.63, 3.8) is 0 Å². The number of carbonyl (C=O) groups excluding carboxylic acids is 2. The summed E-state index contributed by atoms with van der Waals surface area (Å²) in [7, 11) is -3.60. The van der Waals surface area contributed by atoms with E-state index >= 15 is 0 Å². The van der Waals surface area contributed by atoms with E-state index in [4.69, 9.17) is 0 Å². The van der Waals surface area contributed by atoms with Crippen LogP contribution in [-0.2, 0) is 14.8 Å². The van der Waals surface area contributed by atoms with Crippen LogP contribution in [0.25, 0.3) is 0 Å². The number of nitrogens with zero attached hydrogens (tertiary/aromatic N) is 2. The number of carbonyl (C=O) groups is 2. The lowest BCUT2D eigenvalue weighted by atomic mass is 10.1. The fraction of sp³-hybridized carbons (Fsp3) is 0.600. The molecular weight excluding hydrogens is 364 g/mol. The molecule has 1 saturated heterocycles. The molecule has 0 spiro atoms. The molecular formula is C20H30N2O4S. The Morgan fingerprint density at radius 3 is 2.07 bits per heavy atom. The monoisotopic (exact) mass is 394 g/mol. The molecule has 1 fully saturated rings. The van der Waals surface area contributed by atoms with Crippen LogP contribution < -0.4 is 0 Å². The third-order valence-electron chi connectivity index (χ3n) is 4.98. The summed E-state index contributed by atoms with van der Waals surface area (Å²) in [4.78, 5) is 25.6. The Bertz CT molecular complexity index is 736. The average Bonchev–Trinajstić information content (AvgIpc) is 2.67. The van der Waals surface area contributed by atoms with Gasteiger partial charge in [0.15, 0.2) is 5.78 Å².